The Morgan fingerprint density at radius 3 is 2.36 bits per heavy atom. The van der Waals surface area contributed by atoms with Crippen molar-refractivity contribution >= 4 is 34.0 Å². The molecule has 0 spiro atoms. The zero-order valence-electron chi connectivity index (χ0n) is 25.2. The molecular weight excluding hydrogens is 600 g/mol. The van der Waals surface area contributed by atoms with E-state index in [0.717, 1.165) is 11.3 Å². The van der Waals surface area contributed by atoms with Crippen molar-refractivity contribution in [2.75, 3.05) is 20.3 Å². The summed E-state index contributed by atoms with van der Waals surface area (Å²) >= 11 is 0. The van der Waals surface area contributed by atoms with Crippen molar-refractivity contribution in [2.45, 2.75) is 38.1 Å². The van der Waals surface area contributed by atoms with E-state index in [1.165, 1.54) is 31.4 Å². The van der Waals surface area contributed by atoms with E-state index in [9.17, 15) is 22.8 Å². The molecule has 1 N–H and O–H groups in total. The van der Waals surface area contributed by atoms with Crippen LogP contribution in [0.1, 0.15) is 37.0 Å². The first-order valence-corrected chi connectivity index (χ1v) is 15.6. The highest BCUT2D eigenvalue weighted by atomic mass is 32.2. The third-order valence-electron chi connectivity index (χ3n) is 6.57. The van der Waals surface area contributed by atoms with Crippen LogP contribution in [0.3, 0.4) is 0 Å². The van der Waals surface area contributed by atoms with E-state index >= 15 is 0 Å². The molecule has 0 radical (unpaired) electrons. The summed E-state index contributed by atoms with van der Waals surface area (Å²) in [5, 5.41) is 2.21. The minimum atomic E-state index is -4.21. The summed E-state index contributed by atoms with van der Waals surface area (Å²) in [6.45, 7) is 8.29. The van der Waals surface area contributed by atoms with E-state index in [2.05, 4.69) is 11.9 Å². The Hall–Kier alpha value is -5.10. The Balaban J connectivity index is 1.67. The summed E-state index contributed by atoms with van der Waals surface area (Å²) in [5.74, 6) is -0.693. The molecule has 45 heavy (non-hydrogen) atoms. The number of rotatable bonds is 14. The normalized spacial score (nSPS) is 14.2. The van der Waals surface area contributed by atoms with Crippen molar-refractivity contribution in [1.82, 2.24) is 10.2 Å². The summed E-state index contributed by atoms with van der Waals surface area (Å²) in [4.78, 5) is 40.0. The van der Waals surface area contributed by atoms with Gasteiger partial charge in [0.1, 0.15) is 10.5 Å². The van der Waals surface area contributed by atoms with Gasteiger partial charge in [-0.2, -0.15) is 8.42 Å². The van der Waals surface area contributed by atoms with Gasteiger partial charge < -0.3 is 18.4 Å². The van der Waals surface area contributed by atoms with Gasteiger partial charge in [-0.3, -0.25) is 19.8 Å². The average Bonchev–Trinajstić information content (AvgIpc) is 3.02. The van der Waals surface area contributed by atoms with E-state index in [1.54, 1.807) is 48.5 Å². The summed E-state index contributed by atoms with van der Waals surface area (Å²) in [6, 6.07) is 14.8. The lowest BCUT2D eigenvalue weighted by Gasteiger charge is -2.27. The molecule has 3 aromatic rings. The van der Waals surface area contributed by atoms with Gasteiger partial charge in [0.15, 0.2) is 23.0 Å². The maximum absolute atomic E-state index is 13.5. The summed E-state index contributed by atoms with van der Waals surface area (Å²) in [5.41, 5.74) is 0.980. The van der Waals surface area contributed by atoms with Crippen LogP contribution in [0, 0.1) is 0 Å². The van der Waals surface area contributed by atoms with Crippen LogP contribution in [0.4, 0.5) is 4.79 Å². The lowest BCUT2D eigenvalue weighted by Crippen LogP contribution is -2.53. The molecule has 12 heteroatoms. The Morgan fingerprint density at radius 1 is 0.933 bits per heavy atom. The number of carbonyl (C=O) groups is 3. The molecule has 1 saturated heterocycles. The Kier molecular flexibility index (Phi) is 10.6. The monoisotopic (exact) mass is 634 g/mol. The quantitative estimate of drug-likeness (QED) is 0.112. The van der Waals surface area contributed by atoms with Crippen molar-refractivity contribution in [2.24, 2.45) is 0 Å². The van der Waals surface area contributed by atoms with Crippen LogP contribution < -0.4 is 23.7 Å². The lowest BCUT2D eigenvalue weighted by molar-refractivity contribution is -0.130. The molecule has 1 aliphatic heterocycles. The standard InChI is InChI=1S/C33H34N2O9S/c1-5-11-24-17-23(20-29(41-4)30(24)44-45(39,40)25-12-9-8-10-13-25)18-26-31(36)34-33(38)35(32(26)37)21-22-14-15-27(43-16-6-2)28(19-22)42-7-3/h5,8-10,12-15,17-20H,1,6-7,11,16,21H2,2-4H3,(H,34,36,38)/b26-18+. The molecule has 0 unspecified atom stereocenters. The van der Waals surface area contributed by atoms with Gasteiger partial charge >= 0.3 is 16.1 Å². The van der Waals surface area contributed by atoms with Crippen molar-refractivity contribution in [1.29, 1.82) is 0 Å². The van der Waals surface area contributed by atoms with Crippen molar-refractivity contribution in [3.63, 3.8) is 0 Å². The maximum Gasteiger partial charge on any atom is 0.339 e. The number of urea groups is 1. The lowest BCUT2D eigenvalue weighted by atomic mass is 10.0. The van der Waals surface area contributed by atoms with E-state index in [0.29, 0.717) is 41.4 Å². The second-order valence-corrected chi connectivity index (χ2v) is 11.4. The van der Waals surface area contributed by atoms with Crippen LogP contribution in [-0.4, -0.2) is 51.5 Å². The molecule has 236 valence electrons. The van der Waals surface area contributed by atoms with E-state index in [-0.39, 0.29) is 34.9 Å². The zero-order valence-corrected chi connectivity index (χ0v) is 26.0. The maximum atomic E-state index is 13.5. The number of nitrogens with zero attached hydrogens (tertiary/aromatic N) is 1. The van der Waals surface area contributed by atoms with Crippen molar-refractivity contribution in [3.05, 3.63) is 95.6 Å². The number of benzene rings is 3. The Morgan fingerprint density at radius 2 is 1.69 bits per heavy atom. The SMILES string of the molecule is C=CCc1cc(/C=C2\C(=O)NC(=O)N(Cc3ccc(OCCC)c(OCC)c3)C2=O)cc(OC)c1OS(=O)(=O)c1ccccc1. The molecule has 0 saturated carbocycles. The van der Waals surface area contributed by atoms with E-state index in [4.69, 9.17) is 18.4 Å². The van der Waals surface area contributed by atoms with Gasteiger partial charge in [0.25, 0.3) is 11.8 Å². The molecule has 0 atom stereocenters. The van der Waals surface area contributed by atoms with Crippen LogP contribution in [0.5, 0.6) is 23.0 Å². The van der Waals surface area contributed by atoms with Crippen LogP contribution in [0.15, 0.2) is 83.8 Å². The summed E-state index contributed by atoms with van der Waals surface area (Å²) in [6.07, 6.45) is 3.83. The number of nitrogens with one attached hydrogen (secondary N) is 1. The molecule has 0 aliphatic carbocycles. The largest absolute Gasteiger partial charge is 0.493 e. The molecule has 1 heterocycles. The highest BCUT2D eigenvalue weighted by Crippen LogP contribution is 2.37. The predicted octanol–water partition coefficient (Wildman–Crippen LogP) is 5.04. The molecule has 0 aromatic heterocycles. The predicted molar refractivity (Wildman–Crippen MR) is 167 cm³/mol. The molecule has 11 nitrogen and oxygen atoms in total. The fourth-order valence-corrected chi connectivity index (χ4v) is 5.50. The number of barbiturate groups is 1. The van der Waals surface area contributed by atoms with Gasteiger partial charge in [0.05, 0.1) is 26.9 Å². The molecule has 1 aliphatic rings. The highest BCUT2D eigenvalue weighted by molar-refractivity contribution is 7.87. The summed E-state index contributed by atoms with van der Waals surface area (Å²) in [7, 11) is -2.88. The van der Waals surface area contributed by atoms with Gasteiger partial charge in [-0.15, -0.1) is 6.58 Å². The fourth-order valence-electron chi connectivity index (χ4n) is 4.50. The van der Waals surface area contributed by atoms with Gasteiger partial charge in [-0.25, -0.2) is 4.79 Å². The molecule has 3 aromatic carbocycles. The number of hydrogen-bond acceptors (Lipinski definition) is 9. The number of amides is 4. The highest BCUT2D eigenvalue weighted by Gasteiger charge is 2.36. The Labute approximate surface area is 262 Å². The van der Waals surface area contributed by atoms with E-state index < -0.39 is 28.0 Å². The molecular formula is C33H34N2O9S. The van der Waals surface area contributed by atoms with Crippen molar-refractivity contribution < 1.29 is 41.2 Å². The smallest absolute Gasteiger partial charge is 0.339 e. The second-order valence-electron chi connectivity index (χ2n) is 9.83. The fraction of sp³-hybridized carbons (Fsp3) is 0.242. The zero-order chi connectivity index (χ0) is 32.6. The first-order valence-electron chi connectivity index (χ1n) is 14.2. The topological polar surface area (TPSA) is 138 Å². The van der Waals surface area contributed by atoms with Crippen molar-refractivity contribution in [3.8, 4) is 23.0 Å². The first-order chi connectivity index (χ1) is 21.6. The molecule has 4 amide bonds. The van der Waals surface area contributed by atoms with Crippen LogP contribution in [0.25, 0.3) is 6.08 Å². The Bertz CT molecular complexity index is 1730. The van der Waals surface area contributed by atoms with Crippen LogP contribution in [-0.2, 0) is 32.7 Å². The number of imide groups is 2. The van der Waals surface area contributed by atoms with Gasteiger partial charge in [-0.05, 0) is 73.4 Å². The minimum absolute atomic E-state index is 0.0474. The first kappa shape index (κ1) is 32.8. The number of methoxy groups -OCH3 is 1. The number of hydrogen-bond donors (Lipinski definition) is 1. The van der Waals surface area contributed by atoms with Gasteiger partial charge in [0.2, 0.25) is 0 Å². The average molecular weight is 635 g/mol. The number of carbonyl (C=O) groups excluding carboxylic acids is 3. The third-order valence-corrected chi connectivity index (χ3v) is 7.81. The third kappa shape index (κ3) is 7.71. The molecule has 0 bridgehead atoms. The van der Waals surface area contributed by atoms with Crippen LogP contribution in [0.2, 0.25) is 0 Å². The van der Waals surface area contributed by atoms with Gasteiger partial charge in [-0.1, -0.05) is 37.3 Å². The molecule has 1 fully saturated rings. The molecule has 4 rings (SSSR count). The van der Waals surface area contributed by atoms with Gasteiger partial charge in [0, 0.05) is 5.56 Å². The number of allylic oxidation sites excluding steroid dienone is 1. The second kappa shape index (κ2) is 14.6. The van der Waals surface area contributed by atoms with Crippen LogP contribution >= 0.6 is 0 Å². The minimum Gasteiger partial charge on any atom is -0.493 e. The van der Waals surface area contributed by atoms with E-state index in [1.807, 2.05) is 13.8 Å². The number of ether oxygens (including phenoxy) is 3. The summed E-state index contributed by atoms with van der Waals surface area (Å²) < 4.78 is 48.3.